The zero-order chi connectivity index (χ0) is 12.3. The lowest BCUT2D eigenvalue weighted by Gasteiger charge is -2.14. The molecule has 0 aliphatic carbocycles. The van der Waals surface area contributed by atoms with Crippen molar-refractivity contribution in [2.24, 2.45) is 5.92 Å². The van der Waals surface area contributed by atoms with E-state index in [-0.39, 0.29) is 0 Å². The summed E-state index contributed by atoms with van der Waals surface area (Å²) >= 11 is 0. The molecule has 0 fully saturated rings. The van der Waals surface area contributed by atoms with E-state index in [1.165, 1.54) is 5.57 Å². The normalized spacial score (nSPS) is 11.9. The van der Waals surface area contributed by atoms with Crippen LogP contribution < -0.4 is 5.73 Å². The predicted molar refractivity (Wildman–Crippen MR) is 71.1 cm³/mol. The fourth-order valence-corrected chi connectivity index (χ4v) is 1.73. The lowest BCUT2D eigenvalue weighted by Crippen LogP contribution is -2.04. The third-order valence-electron chi connectivity index (χ3n) is 2.64. The Hall–Kier alpha value is -1.57. The minimum atomic E-state index is 0.409. The van der Waals surface area contributed by atoms with Gasteiger partial charge in [-0.25, -0.2) is 4.98 Å². The zero-order valence-electron chi connectivity index (χ0n) is 10.5. The molecule has 0 aromatic carbocycles. The molecule has 0 aliphatic rings. The van der Waals surface area contributed by atoms with Gasteiger partial charge in [0, 0.05) is 0 Å². The van der Waals surface area contributed by atoms with Crippen LogP contribution in [-0.4, -0.2) is 4.98 Å². The number of aryl methyl sites for hydroxylation is 2. The Bertz CT molecular complexity index is 429. The Morgan fingerprint density at radius 2 is 2.00 bits per heavy atom. The summed E-state index contributed by atoms with van der Waals surface area (Å²) in [6, 6.07) is 2.08. The average molecular weight is 216 g/mol. The van der Waals surface area contributed by atoms with Gasteiger partial charge in [0.05, 0.1) is 5.69 Å². The van der Waals surface area contributed by atoms with Gasteiger partial charge < -0.3 is 5.73 Å². The van der Waals surface area contributed by atoms with Crippen molar-refractivity contribution < 1.29 is 0 Å². The van der Waals surface area contributed by atoms with Crippen LogP contribution in [0.25, 0.3) is 5.57 Å². The smallest absolute Gasteiger partial charge is 0.126 e. The van der Waals surface area contributed by atoms with Crippen LogP contribution in [0.1, 0.15) is 30.7 Å². The van der Waals surface area contributed by atoms with E-state index in [4.69, 9.17) is 5.73 Å². The zero-order valence-corrected chi connectivity index (χ0v) is 10.5. The average Bonchev–Trinajstić information content (AvgIpc) is 2.20. The molecule has 0 spiro atoms. The first-order valence-corrected chi connectivity index (χ1v) is 5.54. The van der Waals surface area contributed by atoms with E-state index in [1.54, 1.807) is 6.08 Å². The van der Waals surface area contributed by atoms with Crippen molar-refractivity contribution in [3.05, 3.63) is 41.6 Å². The summed E-state index contributed by atoms with van der Waals surface area (Å²) < 4.78 is 0. The number of nitrogens with zero attached hydrogens (tertiary/aromatic N) is 1. The molecule has 0 atom stereocenters. The third-order valence-corrected chi connectivity index (χ3v) is 2.64. The first kappa shape index (κ1) is 12.5. The first-order valence-electron chi connectivity index (χ1n) is 5.54. The molecule has 1 rings (SSSR count). The number of pyridine rings is 1. The molecule has 0 radical (unpaired) electrons. The van der Waals surface area contributed by atoms with Crippen molar-refractivity contribution in [1.29, 1.82) is 0 Å². The Kier molecular flexibility index (Phi) is 3.88. The summed E-state index contributed by atoms with van der Waals surface area (Å²) in [7, 11) is 0. The van der Waals surface area contributed by atoms with E-state index < -0.39 is 0 Å². The lowest BCUT2D eigenvalue weighted by molar-refractivity contribution is 0.846. The van der Waals surface area contributed by atoms with Gasteiger partial charge in [-0.3, -0.25) is 0 Å². The summed E-state index contributed by atoms with van der Waals surface area (Å²) in [5.41, 5.74) is 10.2. The molecular formula is C14H20N2. The van der Waals surface area contributed by atoms with Crippen molar-refractivity contribution in [1.82, 2.24) is 4.98 Å². The number of allylic oxidation sites excluding steroid dienone is 3. The molecule has 0 saturated heterocycles. The molecule has 1 aromatic heterocycles. The van der Waals surface area contributed by atoms with E-state index in [0.717, 1.165) is 16.8 Å². The molecule has 16 heavy (non-hydrogen) atoms. The predicted octanol–water partition coefficient (Wildman–Crippen LogP) is 3.51. The number of anilines is 1. The van der Waals surface area contributed by atoms with Gasteiger partial charge in [-0.15, -0.1) is 0 Å². The number of nitrogen functional groups attached to an aromatic ring is 1. The maximum absolute atomic E-state index is 5.86. The summed E-state index contributed by atoms with van der Waals surface area (Å²) in [5.74, 6) is 1.02. The molecule has 0 saturated carbocycles. The number of hydrogen-bond donors (Lipinski definition) is 1. The molecule has 0 amide bonds. The maximum Gasteiger partial charge on any atom is 0.126 e. The van der Waals surface area contributed by atoms with Crippen LogP contribution in [0.2, 0.25) is 0 Å². The number of nitrogens with two attached hydrogens (primary N) is 1. The van der Waals surface area contributed by atoms with Gasteiger partial charge in [0.25, 0.3) is 0 Å². The van der Waals surface area contributed by atoms with Crippen LogP contribution in [0.5, 0.6) is 0 Å². The minimum Gasteiger partial charge on any atom is -0.383 e. The van der Waals surface area contributed by atoms with Crippen LogP contribution in [0.3, 0.4) is 0 Å². The van der Waals surface area contributed by atoms with E-state index in [1.807, 2.05) is 13.0 Å². The summed E-state index contributed by atoms with van der Waals surface area (Å²) in [5, 5.41) is 0. The van der Waals surface area contributed by atoms with Crippen LogP contribution >= 0.6 is 0 Å². The van der Waals surface area contributed by atoms with Gasteiger partial charge in [-0.1, -0.05) is 38.6 Å². The SMILES string of the molecule is C=C/C=C(\c1nc(N)c(C)cc1C)C(C)C. The molecule has 2 N–H and O–H groups in total. The summed E-state index contributed by atoms with van der Waals surface area (Å²) in [4.78, 5) is 4.47. The van der Waals surface area contributed by atoms with Gasteiger partial charge in [-0.2, -0.15) is 0 Å². The van der Waals surface area contributed by atoms with Gasteiger partial charge in [0.15, 0.2) is 0 Å². The van der Waals surface area contributed by atoms with Gasteiger partial charge in [0.2, 0.25) is 0 Å². The molecule has 1 aromatic rings. The fourth-order valence-electron chi connectivity index (χ4n) is 1.73. The summed E-state index contributed by atoms with van der Waals surface area (Å²) in [6.45, 7) is 12.1. The molecular weight excluding hydrogens is 196 g/mol. The van der Waals surface area contributed by atoms with Crippen LogP contribution in [0.4, 0.5) is 5.82 Å². The minimum absolute atomic E-state index is 0.409. The standard InChI is InChI=1S/C14H20N2/c1-6-7-12(9(2)3)13-10(4)8-11(5)14(15)16-13/h6-9H,1H2,2-5H3,(H2,15,16)/b12-7-. The molecule has 0 aliphatic heterocycles. The van der Waals surface area contributed by atoms with Crippen molar-refractivity contribution in [2.45, 2.75) is 27.7 Å². The largest absolute Gasteiger partial charge is 0.383 e. The highest BCUT2D eigenvalue weighted by Gasteiger charge is 2.11. The van der Waals surface area contributed by atoms with E-state index in [2.05, 4.69) is 38.4 Å². The molecule has 2 nitrogen and oxygen atoms in total. The van der Waals surface area contributed by atoms with Crippen molar-refractivity contribution in [3.8, 4) is 0 Å². The number of hydrogen-bond acceptors (Lipinski definition) is 2. The van der Waals surface area contributed by atoms with E-state index in [0.29, 0.717) is 11.7 Å². The molecule has 2 heteroatoms. The highest BCUT2D eigenvalue weighted by Crippen LogP contribution is 2.26. The van der Waals surface area contributed by atoms with Crippen molar-refractivity contribution >= 4 is 11.4 Å². The van der Waals surface area contributed by atoms with E-state index >= 15 is 0 Å². The maximum atomic E-state index is 5.86. The van der Waals surface area contributed by atoms with Crippen molar-refractivity contribution in [2.75, 3.05) is 5.73 Å². The van der Waals surface area contributed by atoms with Crippen LogP contribution in [0, 0.1) is 19.8 Å². The molecule has 1 heterocycles. The second-order valence-electron chi connectivity index (χ2n) is 4.37. The third kappa shape index (κ3) is 2.51. The monoisotopic (exact) mass is 216 g/mol. The Morgan fingerprint density at radius 1 is 1.38 bits per heavy atom. The quantitative estimate of drug-likeness (QED) is 0.785. The Balaban J connectivity index is 3.36. The molecule has 0 bridgehead atoms. The lowest BCUT2D eigenvalue weighted by atomic mass is 9.95. The van der Waals surface area contributed by atoms with Gasteiger partial charge in [-0.05, 0) is 36.5 Å². The van der Waals surface area contributed by atoms with E-state index in [9.17, 15) is 0 Å². The topological polar surface area (TPSA) is 38.9 Å². The Morgan fingerprint density at radius 3 is 2.50 bits per heavy atom. The Labute approximate surface area is 97.9 Å². The van der Waals surface area contributed by atoms with Crippen molar-refractivity contribution in [3.63, 3.8) is 0 Å². The second kappa shape index (κ2) is 4.97. The van der Waals surface area contributed by atoms with Gasteiger partial charge in [0.1, 0.15) is 5.82 Å². The van der Waals surface area contributed by atoms with Crippen LogP contribution in [-0.2, 0) is 0 Å². The highest BCUT2D eigenvalue weighted by molar-refractivity contribution is 5.69. The second-order valence-corrected chi connectivity index (χ2v) is 4.37. The van der Waals surface area contributed by atoms with Gasteiger partial charge >= 0.3 is 0 Å². The molecule has 86 valence electrons. The number of rotatable bonds is 3. The fraction of sp³-hybridized carbons (Fsp3) is 0.357. The molecule has 0 unspecified atom stereocenters. The first-order chi connectivity index (χ1) is 7.47. The van der Waals surface area contributed by atoms with Crippen LogP contribution in [0.15, 0.2) is 24.8 Å². The number of aromatic nitrogens is 1. The summed E-state index contributed by atoms with van der Waals surface area (Å²) in [6.07, 6.45) is 3.81. The highest BCUT2D eigenvalue weighted by atomic mass is 14.8.